The first-order valence-corrected chi connectivity index (χ1v) is 8.30. The second-order valence-electron chi connectivity index (χ2n) is 7.37. The lowest BCUT2D eigenvalue weighted by Crippen LogP contribution is -2.38. The van der Waals surface area contributed by atoms with Crippen LogP contribution in [0.25, 0.3) is 0 Å². The summed E-state index contributed by atoms with van der Waals surface area (Å²) >= 11 is 0. The molecule has 1 saturated carbocycles. The first kappa shape index (κ1) is 13.8. The molecule has 1 N–H and O–H groups in total. The van der Waals surface area contributed by atoms with E-state index in [1.54, 1.807) is 0 Å². The van der Waals surface area contributed by atoms with Crippen LogP contribution in [-0.2, 0) is 14.3 Å². The zero-order valence-corrected chi connectivity index (χ0v) is 13.1. The monoisotopic (exact) mass is 291 g/mol. The molecule has 0 unspecified atom stereocenters. The van der Waals surface area contributed by atoms with Gasteiger partial charge in [0.1, 0.15) is 11.7 Å². The van der Waals surface area contributed by atoms with E-state index in [0.29, 0.717) is 5.92 Å². The summed E-state index contributed by atoms with van der Waals surface area (Å²) in [5.74, 6) is 0.616. The smallest absolute Gasteiger partial charge is 0.310 e. The van der Waals surface area contributed by atoms with Crippen LogP contribution in [0.4, 0.5) is 0 Å². The molecule has 4 aliphatic rings. The van der Waals surface area contributed by atoms with E-state index in [-0.39, 0.29) is 35.1 Å². The number of epoxide rings is 1. The Kier molecular flexibility index (Phi) is 2.84. The summed E-state index contributed by atoms with van der Waals surface area (Å²) in [7, 11) is 0. The maximum atomic E-state index is 12.3. The molecule has 0 aromatic heterocycles. The van der Waals surface area contributed by atoms with E-state index in [0.717, 1.165) is 32.4 Å². The van der Waals surface area contributed by atoms with Gasteiger partial charge in [-0.1, -0.05) is 18.6 Å². The normalized spacial score (nSPS) is 50.6. The highest BCUT2D eigenvalue weighted by Crippen LogP contribution is 2.67. The molecule has 116 valence electrons. The lowest BCUT2D eigenvalue weighted by Gasteiger charge is -2.28. The summed E-state index contributed by atoms with van der Waals surface area (Å²) in [5.41, 5.74) is 1.27. The number of nitrogens with one attached hydrogen (secondary N) is 1. The molecule has 4 heteroatoms. The van der Waals surface area contributed by atoms with Gasteiger partial charge in [0.2, 0.25) is 0 Å². The quantitative estimate of drug-likeness (QED) is 0.491. The van der Waals surface area contributed by atoms with Gasteiger partial charge in [-0.25, -0.2) is 0 Å². The summed E-state index contributed by atoms with van der Waals surface area (Å²) in [6.07, 6.45) is 5.38. The van der Waals surface area contributed by atoms with Crippen molar-refractivity contribution in [1.29, 1.82) is 0 Å². The molecular formula is C17H25NO3. The summed E-state index contributed by atoms with van der Waals surface area (Å²) in [5, 5.41) is 3.33. The molecule has 6 atom stereocenters. The Bertz CT molecular complexity index is 516. The minimum absolute atomic E-state index is 0.00852. The molecule has 3 fully saturated rings. The minimum atomic E-state index is -0.0795. The molecule has 0 amide bonds. The fourth-order valence-corrected chi connectivity index (χ4v) is 5.12. The molecule has 1 spiro atoms. The van der Waals surface area contributed by atoms with Crippen molar-refractivity contribution in [2.24, 2.45) is 17.8 Å². The number of hydrogen-bond donors (Lipinski definition) is 1. The molecule has 0 radical (unpaired) electrons. The van der Waals surface area contributed by atoms with Crippen molar-refractivity contribution in [2.75, 3.05) is 13.1 Å². The Morgan fingerprint density at radius 2 is 2.29 bits per heavy atom. The van der Waals surface area contributed by atoms with Crippen molar-refractivity contribution in [1.82, 2.24) is 5.32 Å². The fourth-order valence-electron chi connectivity index (χ4n) is 5.12. The first-order chi connectivity index (χ1) is 10.0. The standard InChI is InChI=1S/C17H25NO3/c1-4-18-9-12-11-6-7-16(3)17(21-16)8-5-10(2)13(17)14(11)20-15(12)19/h5,11-14,18H,4,6-9H2,1-3H3/t11-,12-,13+,14-,16-,17+/m0/s1. The van der Waals surface area contributed by atoms with Gasteiger partial charge in [-0.2, -0.15) is 0 Å². The van der Waals surface area contributed by atoms with Crippen molar-refractivity contribution in [3.8, 4) is 0 Å². The Hall–Kier alpha value is -0.870. The predicted octanol–water partition coefficient (Wildman–Crippen LogP) is 2.04. The molecule has 4 nitrogen and oxygen atoms in total. The molecule has 0 aromatic carbocycles. The Morgan fingerprint density at radius 3 is 3.05 bits per heavy atom. The van der Waals surface area contributed by atoms with Crippen LogP contribution >= 0.6 is 0 Å². The van der Waals surface area contributed by atoms with Crippen LogP contribution in [0.3, 0.4) is 0 Å². The molecule has 2 aliphatic carbocycles. The minimum Gasteiger partial charge on any atom is -0.461 e. The van der Waals surface area contributed by atoms with Crippen molar-refractivity contribution in [2.45, 2.75) is 57.3 Å². The zero-order valence-electron chi connectivity index (χ0n) is 13.1. The number of fused-ring (bicyclic) bond motifs is 2. The van der Waals surface area contributed by atoms with Crippen LogP contribution in [0.5, 0.6) is 0 Å². The van der Waals surface area contributed by atoms with Gasteiger partial charge in [-0.05, 0) is 39.7 Å². The van der Waals surface area contributed by atoms with Gasteiger partial charge in [0.25, 0.3) is 0 Å². The average Bonchev–Trinajstić information content (AvgIpc) is 2.74. The number of hydrogen-bond acceptors (Lipinski definition) is 4. The largest absolute Gasteiger partial charge is 0.461 e. The number of carbonyl (C=O) groups excluding carboxylic acids is 1. The van der Waals surface area contributed by atoms with Crippen LogP contribution in [-0.4, -0.2) is 36.4 Å². The van der Waals surface area contributed by atoms with Crippen LogP contribution in [0.2, 0.25) is 0 Å². The topological polar surface area (TPSA) is 50.9 Å². The second kappa shape index (κ2) is 4.32. The number of carbonyl (C=O) groups is 1. The van der Waals surface area contributed by atoms with Crippen molar-refractivity contribution >= 4 is 5.97 Å². The number of ether oxygens (including phenoxy) is 2. The highest BCUT2D eigenvalue weighted by atomic mass is 16.6. The molecule has 21 heavy (non-hydrogen) atoms. The highest BCUT2D eigenvalue weighted by molar-refractivity contribution is 5.76. The van der Waals surface area contributed by atoms with E-state index in [1.165, 1.54) is 5.57 Å². The van der Waals surface area contributed by atoms with E-state index in [4.69, 9.17) is 9.47 Å². The molecule has 2 saturated heterocycles. The number of rotatable bonds is 3. The van der Waals surface area contributed by atoms with E-state index in [9.17, 15) is 4.79 Å². The summed E-state index contributed by atoms with van der Waals surface area (Å²) < 4.78 is 12.1. The van der Waals surface area contributed by atoms with Crippen LogP contribution < -0.4 is 5.32 Å². The van der Waals surface area contributed by atoms with Gasteiger partial charge in [-0.15, -0.1) is 0 Å². The fraction of sp³-hybridized carbons (Fsp3) is 0.824. The van der Waals surface area contributed by atoms with Gasteiger partial charge >= 0.3 is 5.97 Å². The maximum Gasteiger partial charge on any atom is 0.310 e. The molecule has 2 heterocycles. The average molecular weight is 291 g/mol. The highest BCUT2D eigenvalue weighted by Gasteiger charge is 2.75. The van der Waals surface area contributed by atoms with Crippen molar-refractivity contribution in [3.63, 3.8) is 0 Å². The van der Waals surface area contributed by atoms with E-state index in [1.807, 2.05) is 0 Å². The van der Waals surface area contributed by atoms with E-state index < -0.39 is 0 Å². The Labute approximate surface area is 126 Å². The third-order valence-electron chi connectivity index (χ3n) is 6.37. The van der Waals surface area contributed by atoms with Crippen molar-refractivity contribution in [3.05, 3.63) is 11.6 Å². The molecular weight excluding hydrogens is 266 g/mol. The van der Waals surface area contributed by atoms with E-state index in [2.05, 4.69) is 32.2 Å². The lowest BCUT2D eigenvalue weighted by atomic mass is 9.77. The summed E-state index contributed by atoms with van der Waals surface area (Å²) in [6.45, 7) is 8.14. The van der Waals surface area contributed by atoms with Crippen LogP contribution in [0.1, 0.15) is 40.0 Å². The molecule has 2 aliphatic heterocycles. The van der Waals surface area contributed by atoms with Gasteiger partial charge in [0.15, 0.2) is 0 Å². The third-order valence-corrected chi connectivity index (χ3v) is 6.37. The second-order valence-corrected chi connectivity index (χ2v) is 7.37. The van der Waals surface area contributed by atoms with Gasteiger partial charge < -0.3 is 14.8 Å². The SMILES string of the molecule is CCNC[C@@H]1C(=O)O[C@H]2[C@H]1CC[C@]1(C)O[C@@]13CC=C(C)[C@H]23. The van der Waals surface area contributed by atoms with Crippen molar-refractivity contribution < 1.29 is 14.3 Å². The van der Waals surface area contributed by atoms with Crippen LogP contribution in [0.15, 0.2) is 11.6 Å². The number of esters is 1. The first-order valence-electron chi connectivity index (χ1n) is 8.30. The lowest BCUT2D eigenvalue weighted by molar-refractivity contribution is -0.146. The summed E-state index contributed by atoms with van der Waals surface area (Å²) in [4.78, 5) is 12.3. The van der Waals surface area contributed by atoms with Crippen LogP contribution in [0, 0.1) is 17.8 Å². The molecule has 0 aromatic rings. The van der Waals surface area contributed by atoms with Gasteiger partial charge in [0.05, 0.1) is 11.5 Å². The Morgan fingerprint density at radius 1 is 1.48 bits per heavy atom. The molecule has 4 rings (SSSR count). The third kappa shape index (κ3) is 1.66. The predicted molar refractivity (Wildman–Crippen MR) is 78.7 cm³/mol. The maximum absolute atomic E-state index is 12.3. The van der Waals surface area contributed by atoms with Gasteiger partial charge in [-0.3, -0.25) is 4.79 Å². The molecule has 0 bridgehead atoms. The Balaban J connectivity index is 1.66. The van der Waals surface area contributed by atoms with Gasteiger partial charge in [0, 0.05) is 18.4 Å². The zero-order chi connectivity index (χ0) is 14.8. The summed E-state index contributed by atoms with van der Waals surface area (Å²) in [6, 6.07) is 0. The van der Waals surface area contributed by atoms with E-state index >= 15 is 0 Å².